The Labute approximate surface area is 118 Å². The second kappa shape index (κ2) is 15.0. The second-order valence-electron chi connectivity index (χ2n) is 4.70. The van der Waals surface area contributed by atoms with Crippen LogP contribution in [-0.4, -0.2) is 12.6 Å². The van der Waals surface area contributed by atoms with Crippen molar-refractivity contribution in [1.29, 1.82) is 0 Å². The summed E-state index contributed by atoms with van der Waals surface area (Å²) >= 11 is 0. The summed E-state index contributed by atoms with van der Waals surface area (Å²) in [5.74, 6) is -0.0504. The molecule has 0 bridgehead atoms. The molecule has 19 heavy (non-hydrogen) atoms. The van der Waals surface area contributed by atoms with Crippen molar-refractivity contribution in [2.45, 2.75) is 71.6 Å². The van der Waals surface area contributed by atoms with Gasteiger partial charge in [-0.25, -0.2) is 0 Å². The van der Waals surface area contributed by atoms with E-state index in [1.165, 1.54) is 25.7 Å². The van der Waals surface area contributed by atoms with E-state index in [1.807, 2.05) is 6.92 Å². The van der Waals surface area contributed by atoms with E-state index in [-0.39, 0.29) is 5.97 Å². The van der Waals surface area contributed by atoms with E-state index in [1.54, 1.807) is 0 Å². The molecule has 2 heteroatoms. The van der Waals surface area contributed by atoms with Gasteiger partial charge >= 0.3 is 5.97 Å². The smallest absolute Gasteiger partial charge is 0.305 e. The predicted octanol–water partition coefficient (Wildman–Crippen LogP) is 5.19. The SMILES string of the molecule is CCC=CCC=CCCCCCCCC(=O)OCC. The topological polar surface area (TPSA) is 26.3 Å². The molecular formula is C17H30O2. The lowest BCUT2D eigenvalue weighted by Crippen LogP contribution is -2.03. The third-order valence-corrected chi connectivity index (χ3v) is 2.90. The summed E-state index contributed by atoms with van der Waals surface area (Å²) in [6.45, 7) is 4.50. The van der Waals surface area contributed by atoms with E-state index in [9.17, 15) is 4.79 Å². The fraction of sp³-hybridized carbons (Fsp3) is 0.706. The van der Waals surface area contributed by atoms with Crippen LogP contribution >= 0.6 is 0 Å². The van der Waals surface area contributed by atoms with E-state index in [2.05, 4.69) is 31.2 Å². The molecule has 0 aromatic heterocycles. The fourth-order valence-corrected chi connectivity index (χ4v) is 1.85. The van der Waals surface area contributed by atoms with E-state index in [0.717, 1.165) is 25.7 Å². The first kappa shape index (κ1) is 17.9. The number of carbonyl (C=O) groups is 1. The molecule has 0 aromatic rings. The van der Waals surface area contributed by atoms with Gasteiger partial charge in [0.25, 0.3) is 0 Å². The van der Waals surface area contributed by atoms with Crippen LogP contribution in [0.2, 0.25) is 0 Å². The van der Waals surface area contributed by atoms with Crippen molar-refractivity contribution in [3.05, 3.63) is 24.3 Å². The molecule has 0 aliphatic carbocycles. The van der Waals surface area contributed by atoms with Crippen molar-refractivity contribution in [1.82, 2.24) is 0 Å². The Morgan fingerprint density at radius 1 is 0.895 bits per heavy atom. The van der Waals surface area contributed by atoms with Crippen LogP contribution in [0.25, 0.3) is 0 Å². The van der Waals surface area contributed by atoms with Crippen LogP contribution in [0.5, 0.6) is 0 Å². The zero-order valence-corrected chi connectivity index (χ0v) is 12.7. The van der Waals surface area contributed by atoms with Gasteiger partial charge in [0.15, 0.2) is 0 Å². The van der Waals surface area contributed by atoms with Gasteiger partial charge in [-0.2, -0.15) is 0 Å². The second-order valence-corrected chi connectivity index (χ2v) is 4.70. The van der Waals surface area contributed by atoms with Crippen molar-refractivity contribution < 1.29 is 9.53 Å². The van der Waals surface area contributed by atoms with Gasteiger partial charge in [0.05, 0.1) is 6.61 Å². The zero-order chi connectivity index (χ0) is 14.2. The summed E-state index contributed by atoms with van der Waals surface area (Å²) in [6.07, 6.45) is 18.7. The largest absolute Gasteiger partial charge is 0.466 e. The van der Waals surface area contributed by atoms with Gasteiger partial charge < -0.3 is 4.74 Å². The summed E-state index contributed by atoms with van der Waals surface area (Å²) in [6, 6.07) is 0. The molecule has 0 aliphatic heterocycles. The first-order chi connectivity index (χ1) is 9.31. The number of hydrogen-bond donors (Lipinski definition) is 0. The van der Waals surface area contributed by atoms with Crippen molar-refractivity contribution in [3.63, 3.8) is 0 Å². The first-order valence-electron chi connectivity index (χ1n) is 7.76. The lowest BCUT2D eigenvalue weighted by atomic mass is 10.1. The zero-order valence-electron chi connectivity index (χ0n) is 12.7. The summed E-state index contributed by atoms with van der Waals surface area (Å²) in [7, 11) is 0. The predicted molar refractivity (Wildman–Crippen MR) is 82.1 cm³/mol. The van der Waals surface area contributed by atoms with Crippen LogP contribution in [0.4, 0.5) is 0 Å². The molecular weight excluding hydrogens is 236 g/mol. The molecule has 0 N–H and O–H groups in total. The van der Waals surface area contributed by atoms with Gasteiger partial charge in [-0.15, -0.1) is 0 Å². The maximum atomic E-state index is 11.1. The number of esters is 1. The third-order valence-electron chi connectivity index (χ3n) is 2.90. The molecule has 0 spiro atoms. The summed E-state index contributed by atoms with van der Waals surface area (Å²) in [5, 5.41) is 0. The van der Waals surface area contributed by atoms with Crippen LogP contribution in [-0.2, 0) is 9.53 Å². The van der Waals surface area contributed by atoms with Gasteiger partial charge in [-0.1, -0.05) is 50.5 Å². The molecule has 0 fully saturated rings. The van der Waals surface area contributed by atoms with Gasteiger partial charge in [-0.05, 0) is 39.0 Å². The molecule has 0 radical (unpaired) electrons. The van der Waals surface area contributed by atoms with Crippen LogP contribution in [0.1, 0.15) is 71.6 Å². The number of ether oxygens (including phenoxy) is 1. The Morgan fingerprint density at radius 2 is 1.58 bits per heavy atom. The highest BCUT2D eigenvalue weighted by Gasteiger charge is 2.00. The summed E-state index contributed by atoms with van der Waals surface area (Å²) in [4.78, 5) is 11.1. The Kier molecular flexibility index (Phi) is 14.2. The lowest BCUT2D eigenvalue weighted by molar-refractivity contribution is -0.143. The van der Waals surface area contributed by atoms with Gasteiger partial charge in [0.2, 0.25) is 0 Å². The maximum absolute atomic E-state index is 11.1. The normalized spacial score (nSPS) is 11.5. The molecule has 0 saturated heterocycles. The van der Waals surface area contributed by atoms with Gasteiger partial charge in [0.1, 0.15) is 0 Å². The first-order valence-corrected chi connectivity index (χ1v) is 7.76. The van der Waals surface area contributed by atoms with Crippen molar-refractivity contribution >= 4 is 5.97 Å². The molecule has 110 valence electrons. The quantitative estimate of drug-likeness (QED) is 0.276. The molecule has 0 atom stereocenters. The molecule has 0 amide bonds. The van der Waals surface area contributed by atoms with E-state index >= 15 is 0 Å². The Bertz CT molecular complexity index is 254. The maximum Gasteiger partial charge on any atom is 0.305 e. The molecule has 0 saturated carbocycles. The highest BCUT2D eigenvalue weighted by atomic mass is 16.5. The average Bonchev–Trinajstić information content (AvgIpc) is 2.40. The average molecular weight is 266 g/mol. The summed E-state index contributed by atoms with van der Waals surface area (Å²) < 4.78 is 4.89. The minimum absolute atomic E-state index is 0.0504. The van der Waals surface area contributed by atoms with Gasteiger partial charge in [0, 0.05) is 6.42 Å². The number of unbranched alkanes of at least 4 members (excludes halogenated alkanes) is 5. The minimum Gasteiger partial charge on any atom is -0.466 e. The highest BCUT2D eigenvalue weighted by Crippen LogP contribution is 2.08. The molecule has 0 aromatic carbocycles. The fourth-order valence-electron chi connectivity index (χ4n) is 1.85. The number of rotatable bonds is 12. The highest BCUT2D eigenvalue weighted by molar-refractivity contribution is 5.69. The third kappa shape index (κ3) is 14.9. The van der Waals surface area contributed by atoms with Crippen LogP contribution in [0.15, 0.2) is 24.3 Å². The molecule has 0 aliphatic rings. The molecule has 0 rings (SSSR count). The lowest BCUT2D eigenvalue weighted by Gasteiger charge is -2.01. The van der Waals surface area contributed by atoms with Crippen molar-refractivity contribution in [2.24, 2.45) is 0 Å². The Hall–Kier alpha value is -1.05. The monoisotopic (exact) mass is 266 g/mol. The molecule has 0 heterocycles. The van der Waals surface area contributed by atoms with Crippen molar-refractivity contribution in [2.75, 3.05) is 6.61 Å². The molecule has 0 unspecified atom stereocenters. The standard InChI is InChI=1S/C17H30O2/c1-3-5-6-7-8-9-10-11-12-13-14-15-16-17(18)19-4-2/h5-6,8-9H,3-4,7,10-16H2,1-2H3. The van der Waals surface area contributed by atoms with Crippen LogP contribution < -0.4 is 0 Å². The van der Waals surface area contributed by atoms with Crippen LogP contribution in [0, 0.1) is 0 Å². The number of allylic oxidation sites excluding steroid dienone is 4. The minimum atomic E-state index is -0.0504. The number of carbonyl (C=O) groups excluding carboxylic acids is 1. The van der Waals surface area contributed by atoms with Gasteiger partial charge in [-0.3, -0.25) is 4.79 Å². The number of hydrogen-bond acceptors (Lipinski definition) is 2. The van der Waals surface area contributed by atoms with E-state index < -0.39 is 0 Å². The summed E-state index contributed by atoms with van der Waals surface area (Å²) in [5.41, 5.74) is 0. The Morgan fingerprint density at radius 3 is 2.32 bits per heavy atom. The van der Waals surface area contributed by atoms with Crippen molar-refractivity contribution in [3.8, 4) is 0 Å². The molecule has 2 nitrogen and oxygen atoms in total. The van der Waals surface area contributed by atoms with Crippen LogP contribution in [0.3, 0.4) is 0 Å². The van der Waals surface area contributed by atoms with E-state index in [0.29, 0.717) is 13.0 Å². The van der Waals surface area contributed by atoms with E-state index in [4.69, 9.17) is 4.74 Å². The Balaban J connectivity index is 3.18.